The van der Waals surface area contributed by atoms with Gasteiger partial charge in [-0.05, 0) is 25.3 Å². The molecule has 0 atom stereocenters. The minimum Gasteiger partial charge on any atom is -0.212 e. The molecule has 4 rings (SSSR count). The number of fused-ring (bicyclic) bond motifs is 1. The standard InChI is InChI=1S/C16H19N5O2S2/c1-12-3-2-4-13(9-12)10-25(22,23)20-7-5-14(6-8-20)15-19-21-11-17-18-16(21)24-15/h2-4,9,11,14H,5-8,10H2,1H3. The average molecular weight is 377 g/mol. The summed E-state index contributed by atoms with van der Waals surface area (Å²) in [6, 6.07) is 7.68. The van der Waals surface area contributed by atoms with Crippen LogP contribution in [0.1, 0.15) is 34.9 Å². The summed E-state index contributed by atoms with van der Waals surface area (Å²) in [6.45, 7) is 3.06. The lowest BCUT2D eigenvalue weighted by molar-refractivity contribution is 0.318. The maximum atomic E-state index is 12.7. The molecule has 0 N–H and O–H groups in total. The van der Waals surface area contributed by atoms with Crippen molar-refractivity contribution in [2.24, 2.45) is 0 Å². The molecule has 0 aliphatic carbocycles. The maximum Gasteiger partial charge on any atom is 0.234 e. The van der Waals surface area contributed by atoms with Gasteiger partial charge in [0.2, 0.25) is 15.0 Å². The fraction of sp³-hybridized carbons (Fsp3) is 0.438. The summed E-state index contributed by atoms with van der Waals surface area (Å²) >= 11 is 1.53. The largest absolute Gasteiger partial charge is 0.234 e. The van der Waals surface area contributed by atoms with Gasteiger partial charge in [-0.1, -0.05) is 41.2 Å². The molecule has 2 aromatic heterocycles. The number of sulfonamides is 1. The van der Waals surface area contributed by atoms with Gasteiger partial charge in [0.25, 0.3) is 0 Å². The summed E-state index contributed by atoms with van der Waals surface area (Å²) in [7, 11) is -3.28. The summed E-state index contributed by atoms with van der Waals surface area (Å²) in [5, 5.41) is 13.3. The number of benzene rings is 1. The Balaban J connectivity index is 1.42. The van der Waals surface area contributed by atoms with Crippen LogP contribution in [-0.2, 0) is 15.8 Å². The number of aryl methyl sites for hydroxylation is 1. The molecule has 9 heteroatoms. The lowest BCUT2D eigenvalue weighted by atomic mass is 9.99. The highest BCUT2D eigenvalue weighted by atomic mass is 32.2. The highest BCUT2D eigenvalue weighted by molar-refractivity contribution is 7.88. The van der Waals surface area contributed by atoms with Crippen molar-refractivity contribution in [3.8, 4) is 0 Å². The van der Waals surface area contributed by atoms with E-state index in [1.165, 1.54) is 11.3 Å². The Morgan fingerprint density at radius 2 is 2.08 bits per heavy atom. The van der Waals surface area contributed by atoms with Gasteiger partial charge in [-0.15, -0.1) is 10.2 Å². The number of nitrogens with zero attached hydrogens (tertiary/aromatic N) is 5. The van der Waals surface area contributed by atoms with Gasteiger partial charge >= 0.3 is 0 Å². The molecule has 1 aliphatic heterocycles. The van der Waals surface area contributed by atoms with E-state index >= 15 is 0 Å². The lowest BCUT2D eigenvalue weighted by Gasteiger charge is -2.30. The maximum absolute atomic E-state index is 12.7. The number of rotatable bonds is 4. The molecule has 0 radical (unpaired) electrons. The zero-order valence-electron chi connectivity index (χ0n) is 13.9. The van der Waals surface area contributed by atoms with Gasteiger partial charge in [0.1, 0.15) is 11.3 Å². The molecule has 1 saturated heterocycles. The van der Waals surface area contributed by atoms with Crippen LogP contribution in [0.2, 0.25) is 0 Å². The third-order valence-electron chi connectivity index (χ3n) is 4.53. The highest BCUT2D eigenvalue weighted by Gasteiger charge is 2.30. The third kappa shape index (κ3) is 3.44. The van der Waals surface area contributed by atoms with Crippen LogP contribution < -0.4 is 0 Å². The lowest BCUT2D eigenvalue weighted by Crippen LogP contribution is -2.38. The fourth-order valence-corrected chi connectivity index (χ4v) is 5.76. The first kappa shape index (κ1) is 16.6. The molecule has 3 aromatic rings. The molecule has 0 bridgehead atoms. The zero-order valence-corrected chi connectivity index (χ0v) is 15.5. The monoisotopic (exact) mass is 377 g/mol. The van der Waals surface area contributed by atoms with E-state index in [2.05, 4.69) is 15.3 Å². The average Bonchev–Trinajstić information content (AvgIpc) is 3.16. The molecule has 0 saturated carbocycles. The quantitative estimate of drug-likeness (QED) is 0.696. The van der Waals surface area contributed by atoms with E-state index < -0.39 is 10.0 Å². The van der Waals surface area contributed by atoms with Crippen molar-refractivity contribution in [2.75, 3.05) is 13.1 Å². The number of piperidine rings is 1. The zero-order chi connectivity index (χ0) is 17.4. The summed E-state index contributed by atoms with van der Waals surface area (Å²) < 4.78 is 28.7. The first-order chi connectivity index (χ1) is 12.0. The van der Waals surface area contributed by atoms with E-state index in [1.54, 1.807) is 15.1 Å². The topological polar surface area (TPSA) is 80.5 Å². The van der Waals surface area contributed by atoms with Gasteiger partial charge < -0.3 is 0 Å². The van der Waals surface area contributed by atoms with Crippen LogP contribution in [0.25, 0.3) is 4.96 Å². The number of hydrogen-bond acceptors (Lipinski definition) is 6. The van der Waals surface area contributed by atoms with E-state index in [0.717, 1.165) is 33.9 Å². The first-order valence-electron chi connectivity index (χ1n) is 8.21. The Kier molecular flexibility index (Phi) is 4.30. The molecule has 1 aromatic carbocycles. The van der Waals surface area contributed by atoms with Crippen molar-refractivity contribution in [2.45, 2.75) is 31.4 Å². The number of aromatic nitrogens is 4. The molecule has 0 unspecified atom stereocenters. The van der Waals surface area contributed by atoms with Crippen molar-refractivity contribution in [1.29, 1.82) is 0 Å². The van der Waals surface area contributed by atoms with Gasteiger partial charge in [-0.3, -0.25) is 0 Å². The Morgan fingerprint density at radius 1 is 1.28 bits per heavy atom. The Morgan fingerprint density at radius 3 is 2.80 bits per heavy atom. The second-order valence-corrected chi connectivity index (χ2v) is 9.37. The molecule has 1 fully saturated rings. The summed E-state index contributed by atoms with van der Waals surface area (Å²) in [5.41, 5.74) is 1.92. The smallest absolute Gasteiger partial charge is 0.212 e. The van der Waals surface area contributed by atoms with Gasteiger partial charge in [-0.25, -0.2) is 12.7 Å². The minimum atomic E-state index is -3.28. The van der Waals surface area contributed by atoms with Crippen LogP contribution in [0.3, 0.4) is 0 Å². The van der Waals surface area contributed by atoms with Crippen LogP contribution >= 0.6 is 11.3 Å². The van der Waals surface area contributed by atoms with Gasteiger partial charge in [0.15, 0.2) is 0 Å². The molecular formula is C16H19N5O2S2. The van der Waals surface area contributed by atoms with E-state index in [4.69, 9.17) is 0 Å². The van der Waals surface area contributed by atoms with E-state index in [-0.39, 0.29) is 11.7 Å². The van der Waals surface area contributed by atoms with Gasteiger partial charge in [-0.2, -0.15) is 9.61 Å². The number of hydrogen-bond donors (Lipinski definition) is 0. The predicted octanol–water partition coefficient (Wildman–Crippen LogP) is 2.20. The molecule has 0 amide bonds. The Hall–Kier alpha value is -1.84. The normalized spacial score (nSPS) is 17.3. The van der Waals surface area contributed by atoms with Crippen LogP contribution in [0.5, 0.6) is 0 Å². The third-order valence-corrected chi connectivity index (χ3v) is 7.46. The van der Waals surface area contributed by atoms with Gasteiger partial charge in [0.05, 0.1) is 5.75 Å². The van der Waals surface area contributed by atoms with Crippen LogP contribution in [0, 0.1) is 6.92 Å². The molecule has 7 nitrogen and oxygen atoms in total. The SMILES string of the molecule is Cc1cccc(CS(=O)(=O)N2CCC(c3nn4cnnc4s3)CC2)c1. The second-order valence-electron chi connectivity index (χ2n) is 6.42. The first-order valence-corrected chi connectivity index (χ1v) is 10.6. The second kappa shape index (κ2) is 6.47. The molecular weight excluding hydrogens is 358 g/mol. The van der Waals surface area contributed by atoms with Crippen LogP contribution in [-0.4, -0.2) is 45.6 Å². The van der Waals surface area contributed by atoms with Crippen molar-refractivity contribution in [3.05, 3.63) is 46.7 Å². The molecule has 25 heavy (non-hydrogen) atoms. The summed E-state index contributed by atoms with van der Waals surface area (Å²) in [6.07, 6.45) is 3.17. The van der Waals surface area contributed by atoms with Crippen LogP contribution in [0.15, 0.2) is 30.6 Å². The van der Waals surface area contributed by atoms with Crippen molar-refractivity contribution in [3.63, 3.8) is 0 Å². The summed E-state index contributed by atoms with van der Waals surface area (Å²) in [4.78, 5) is 0.782. The van der Waals surface area contributed by atoms with E-state index in [0.29, 0.717) is 13.1 Å². The molecule has 3 heterocycles. The summed E-state index contributed by atoms with van der Waals surface area (Å²) in [5.74, 6) is 0.355. The van der Waals surface area contributed by atoms with E-state index in [1.807, 2.05) is 31.2 Å². The fourth-order valence-electron chi connectivity index (χ4n) is 3.22. The van der Waals surface area contributed by atoms with E-state index in [9.17, 15) is 8.42 Å². The Bertz CT molecular complexity index is 958. The molecule has 132 valence electrons. The molecule has 1 aliphatic rings. The van der Waals surface area contributed by atoms with Crippen LogP contribution in [0.4, 0.5) is 0 Å². The predicted molar refractivity (Wildman–Crippen MR) is 96.0 cm³/mol. The molecule has 0 spiro atoms. The minimum absolute atomic E-state index is 0.0656. The van der Waals surface area contributed by atoms with Crippen molar-refractivity contribution < 1.29 is 8.42 Å². The Labute approximate surface area is 150 Å². The van der Waals surface area contributed by atoms with Crippen molar-refractivity contribution >= 4 is 26.3 Å². The highest BCUT2D eigenvalue weighted by Crippen LogP contribution is 2.32. The van der Waals surface area contributed by atoms with Crippen molar-refractivity contribution in [1.82, 2.24) is 24.1 Å². The van der Waals surface area contributed by atoms with Gasteiger partial charge in [0, 0.05) is 19.0 Å².